The molecule has 2 aromatic carbocycles. The van der Waals surface area contributed by atoms with Gasteiger partial charge in [0.1, 0.15) is 5.60 Å². The molecule has 1 aromatic heterocycles. The van der Waals surface area contributed by atoms with E-state index in [-0.39, 0.29) is 21.8 Å². The molecule has 0 fully saturated rings. The SMILES string of the molecule is CC(C)(C)OC(=O)N=S(C)(=O)c1ccc(C(=O)Nc2cc(-c3cccs3)ccc2NC(=O)O)cc1. The second-order valence-corrected chi connectivity index (χ2v) is 11.7. The number of carbonyl (C=O) groups excluding carboxylic acids is 2. The quantitative estimate of drug-likeness (QED) is 0.373. The zero-order chi connectivity index (χ0) is 25.8. The van der Waals surface area contributed by atoms with E-state index in [1.807, 2.05) is 17.5 Å². The van der Waals surface area contributed by atoms with Crippen molar-refractivity contribution in [1.82, 2.24) is 0 Å². The molecular weight excluding hydrogens is 490 g/mol. The summed E-state index contributed by atoms with van der Waals surface area (Å²) >= 11 is 1.51. The fourth-order valence-electron chi connectivity index (χ4n) is 3.00. The first-order valence-corrected chi connectivity index (χ1v) is 13.2. The number of carboxylic acid groups (broad SMARTS) is 1. The molecule has 35 heavy (non-hydrogen) atoms. The average Bonchev–Trinajstić information content (AvgIpc) is 3.28. The molecule has 3 aromatic rings. The van der Waals surface area contributed by atoms with Gasteiger partial charge in [-0.3, -0.25) is 10.1 Å². The predicted molar refractivity (Wildman–Crippen MR) is 137 cm³/mol. The maximum atomic E-state index is 12.9. The molecule has 1 atom stereocenters. The molecular formula is C24H25N3O6S2. The topological polar surface area (TPSA) is 134 Å². The summed E-state index contributed by atoms with van der Waals surface area (Å²) in [5.74, 6) is -0.500. The van der Waals surface area contributed by atoms with Crippen LogP contribution in [0.15, 0.2) is 69.2 Å². The van der Waals surface area contributed by atoms with Gasteiger partial charge in [0.05, 0.1) is 21.1 Å². The maximum absolute atomic E-state index is 12.9. The minimum atomic E-state index is -3.09. The van der Waals surface area contributed by atoms with Crippen LogP contribution < -0.4 is 10.6 Å². The van der Waals surface area contributed by atoms with Crippen molar-refractivity contribution in [3.8, 4) is 10.4 Å². The molecule has 9 nitrogen and oxygen atoms in total. The van der Waals surface area contributed by atoms with Gasteiger partial charge in [-0.2, -0.15) is 0 Å². The van der Waals surface area contributed by atoms with Crippen LogP contribution in [-0.4, -0.2) is 39.3 Å². The molecule has 0 saturated carbocycles. The number of ether oxygens (including phenoxy) is 1. The molecule has 11 heteroatoms. The van der Waals surface area contributed by atoms with Crippen LogP contribution in [0.3, 0.4) is 0 Å². The van der Waals surface area contributed by atoms with Gasteiger partial charge in [0.2, 0.25) is 0 Å². The number of amides is 3. The van der Waals surface area contributed by atoms with Gasteiger partial charge in [0, 0.05) is 21.6 Å². The summed E-state index contributed by atoms with van der Waals surface area (Å²) in [6.07, 6.45) is -0.887. The van der Waals surface area contributed by atoms with Crippen molar-refractivity contribution in [2.75, 3.05) is 16.9 Å². The lowest BCUT2D eigenvalue weighted by Gasteiger charge is -2.17. The Hall–Kier alpha value is -3.70. The molecule has 3 N–H and O–H groups in total. The summed E-state index contributed by atoms with van der Waals surface area (Å²) in [5, 5.41) is 16.1. The summed E-state index contributed by atoms with van der Waals surface area (Å²) in [4.78, 5) is 37.3. The molecule has 184 valence electrons. The molecule has 0 spiro atoms. The molecule has 0 aliphatic carbocycles. The van der Waals surface area contributed by atoms with Crippen LogP contribution in [0.25, 0.3) is 10.4 Å². The largest absolute Gasteiger partial charge is 0.465 e. The number of hydrogen-bond acceptors (Lipinski definition) is 6. The fourth-order valence-corrected chi connectivity index (χ4v) is 4.79. The van der Waals surface area contributed by atoms with E-state index in [1.165, 1.54) is 41.9 Å². The van der Waals surface area contributed by atoms with E-state index in [0.717, 1.165) is 10.4 Å². The van der Waals surface area contributed by atoms with Crippen LogP contribution in [0.4, 0.5) is 21.0 Å². The van der Waals surface area contributed by atoms with Crippen molar-refractivity contribution < 1.29 is 28.4 Å². The second kappa shape index (κ2) is 10.3. The highest BCUT2D eigenvalue weighted by Crippen LogP contribution is 2.32. The van der Waals surface area contributed by atoms with E-state index in [0.29, 0.717) is 0 Å². The number of rotatable bonds is 5. The first kappa shape index (κ1) is 25.9. The third kappa shape index (κ3) is 7.14. The van der Waals surface area contributed by atoms with Crippen molar-refractivity contribution in [3.05, 3.63) is 65.5 Å². The van der Waals surface area contributed by atoms with Crippen LogP contribution in [0, 0.1) is 0 Å². The molecule has 3 rings (SSSR count). The Labute approximate surface area is 207 Å². The highest BCUT2D eigenvalue weighted by molar-refractivity contribution is 7.93. The van der Waals surface area contributed by atoms with Gasteiger partial charge < -0.3 is 15.2 Å². The van der Waals surface area contributed by atoms with Crippen molar-refractivity contribution >= 4 is 50.5 Å². The van der Waals surface area contributed by atoms with E-state index in [9.17, 15) is 18.6 Å². The van der Waals surface area contributed by atoms with Crippen LogP contribution in [0.2, 0.25) is 0 Å². The third-order valence-electron chi connectivity index (χ3n) is 4.51. The first-order valence-electron chi connectivity index (χ1n) is 10.4. The monoisotopic (exact) mass is 515 g/mol. The van der Waals surface area contributed by atoms with Crippen molar-refractivity contribution in [2.24, 2.45) is 4.36 Å². The van der Waals surface area contributed by atoms with Gasteiger partial charge in [-0.15, -0.1) is 15.7 Å². The predicted octanol–water partition coefficient (Wildman–Crippen LogP) is 6.15. The van der Waals surface area contributed by atoms with E-state index < -0.39 is 33.4 Å². The zero-order valence-electron chi connectivity index (χ0n) is 19.5. The Morgan fingerprint density at radius 3 is 2.26 bits per heavy atom. The molecule has 0 aliphatic heterocycles. The number of anilines is 2. The molecule has 0 aliphatic rings. The summed E-state index contributed by atoms with van der Waals surface area (Å²) in [5.41, 5.74) is 0.787. The lowest BCUT2D eigenvalue weighted by atomic mass is 10.1. The number of benzene rings is 2. The molecule has 0 bridgehead atoms. The first-order chi connectivity index (χ1) is 16.3. The molecule has 0 saturated heterocycles. The van der Waals surface area contributed by atoms with E-state index in [1.54, 1.807) is 39.0 Å². The van der Waals surface area contributed by atoms with Gasteiger partial charge in [-0.05, 0) is 74.2 Å². The number of nitrogens with zero attached hydrogens (tertiary/aromatic N) is 1. The minimum Gasteiger partial charge on any atom is -0.465 e. The summed E-state index contributed by atoms with van der Waals surface area (Å²) in [6.45, 7) is 5.04. The number of carbonyl (C=O) groups is 3. The Morgan fingerprint density at radius 1 is 1.00 bits per heavy atom. The third-order valence-corrected chi connectivity index (χ3v) is 7.07. The van der Waals surface area contributed by atoms with Gasteiger partial charge >= 0.3 is 12.2 Å². The minimum absolute atomic E-state index is 0.218. The Morgan fingerprint density at radius 2 is 1.69 bits per heavy atom. The zero-order valence-corrected chi connectivity index (χ0v) is 21.2. The molecule has 0 radical (unpaired) electrons. The van der Waals surface area contributed by atoms with Gasteiger partial charge in [-0.1, -0.05) is 12.1 Å². The maximum Gasteiger partial charge on any atom is 0.442 e. The number of thiophene rings is 1. The molecule has 1 heterocycles. The summed E-state index contributed by atoms with van der Waals surface area (Å²) < 4.78 is 21.7. The normalized spacial score (nSPS) is 12.8. The van der Waals surface area contributed by atoms with Crippen LogP contribution >= 0.6 is 11.3 Å². The highest BCUT2D eigenvalue weighted by atomic mass is 32.2. The Bertz CT molecular complexity index is 1370. The molecule has 1 unspecified atom stereocenters. The lowest BCUT2D eigenvalue weighted by Crippen LogP contribution is -2.22. The van der Waals surface area contributed by atoms with Gasteiger partial charge in [0.25, 0.3) is 5.91 Å². The van der Waals surface area contributed by atoms with E-state index in [2.05, 4.69) is 15.0 Å². The lowest BCUT2D eigenvalue weighted by molar-refractivity contribution is 0.0607. The van der Waals surface area contributed by atoms with Gasteiger partial charge in [-0.25, -0.2) is 13.8 Å². The van der Waals surface area contributed by atoms with E-state index in [4.69, 9.17) is 9.84 Å². The highest BCUT2D eigenvalue weighted by Gasteiger charge is 2.19. The molecule has 3 amide bonds. The second-order valence-electron chi connectivity index (χ2n) is 8.52. The van der Waals surface area contributed by atoms with E-state index >= 15 is 0 Å². The fraction of sp³-hybridized carbons (Fsp3) is 0.208. The van der Waals surface area contributed by atoms with Crippen molar-refractivity contribution in [1.29, 1.82) is 0 Å². The number of hydrogen-bond donors (Lipinski definition) is 3. The summed E-state index contributed by atoms with van der Waals surface area (Å²) in [6, 6.07) is 14.6. The van der Waals surface area contributed by atoms with Crippen LogP contribution in [-0.2, 0) is 14.5 Å². The van der Waals surface area contributed by atoms with Crippen LogP contribution in [0.1, 0.15) is 31.1 Å². The standard InChI is InChI=1S/C24H25N3O6S2/c1-24(2,3)33-23(31)27-35(4,32)17-10-7-15(8-11-17)21(28)25-19-14-16(20-6-5-13-34-20)9-12-18(19)26-22(29)30/h5-14,26H,1-4H3,(H,25,28)(H,29,30). The Kier molecular flexibility index (Phi) is 7.61. The number of nitrogens with one attached hydrogen (secondary N) is 2. The average molecular weight is 516 g/mol. The van der Waals surface area contributed by atoms with Crippen molar-refractivity contribution in [3.63, 3.8) is 0 Å². The van der Waals surface area contributed by atoms with Gasteiger partial charge in [0.15, 0.2) is 0 Å². The van der Waals surface area contributed by atoms with Crippen molar-refractivity contribution in [2.45, 2.75) is 31.3 Å². The Balaban J connectivity index is 1.84. The summed E-state index contributed by atoms with van der Waals surface area (Å²) in [7, 11) is -3.09. The van der Waals surface area contributed by atoms with Crippen LogP contribution in [0.5, 0.6) is 0 Å². The smallest absolute Gasteiger partial charge is 0.442 e.